The molecule has 3 aliphatic rings. The van der Waals surface area contributed by atoms with Crippen LogP contribution in [0.5, 0.6) is 0 Å². The summed E-state index contributed by atoms with van der Waals surface area (Å²) < 4.78 is 15.4. The number of hydrogen-bond donors (Lipinski definition) is 0. The van der Waals surface area contributed by atoms with Crippen LogP contribution in [-0.2, 0) is 6.54 Å². The van der Waals surface area contributed by atoms with Crippen molar-refractivity contribution in [3.63, 3.8) is 0 Å². The maximum atomic E-state index is 13.4. The van der Waals surface area contributed by atoms with Gasteiger partial charge < -0.3 is 9.47 Å². The number of aliphatic imine (C=N–C) groups is 1. The molecule has 0 N–H and O–H groups in total. The van der Waals surface area contributed by atoms with Gasteiger partial charge in [-0.3, -0.25) is 9.69 Å². The van der Waals surface area contributed by atoms with E-state index in [9.17, 15) is 9.18 Å². The molecule has 0 bridgehead atoms. The summed E-state index contributed by atoms with van der Waals surface area (Å²) in [5.41, 5.74) is 3.85. The summed E-state index contributed by atoms with van der Waals surface area (Å²) >= 11 is 6.85. The van der Waals surface area contributed by atoms with Crippen LogP contribution in [0.25, 0.3) is 11.3 Å². The smallest absolute Gasteiger partial charge is 0.264 e. The summed E-state index contributed by atoms with van der Waals surface area (Å²) in [6.45, 7) is 0.522. The highest BCUT2D eigenvalue weighted by Gasteiger charge is 2.48. The number of halogens is 2. The van der Waals surface area contributed by atoms with Crippen LogP contribution in [0.1, 0.15) is 35.2 Å². The van der Waals surface area contributed by atoms with Gasteiger partial charge in [-0.2, -0.15) is 4.39 Å². The molecule has 1 fully saturated rings. The van der Waals surface area contributed by atoms with E-state index in [1.165, 1.54) is 6.07 Å². The molecule has 0 unspecified atom stereocenters. The van der Waals surface area contributed by atoms with Crippen molar-refractivity contribution in [3.05, 3.63) is 70.9 Å². The van der Waals surface area contributed by atoms with E-state index in [4.69, 9.17) is 16.6 Å². The fourth-order valence-electron chi connectivity index (χ4n) is 5.09. The SMILES string of the molecule is CN1C(=O)c2cn(Cc3ccc(-c4cccc(F)n4)cc3)c(Cl)c2N2C1=N[C@@H]1CCC[C@@H]12. The number of carbonyl (C=O) groups excluding carboxylic acids is 1. The number of amides is 1. The predicted octanol–water partition coefficient (Wildman–Crippen LogP) is 4.57. The molecule has 4 heterocycles. The lowest BCUT2D eigenvalue weighted by atomic mass is 10.1. The third-order valence-corrected chi connectivity index (χ3v) is 7.05. The third kappa shape index (κ3) is 2.88. The van der Waals surface area contributed by atoms with Crippen LogP contribution >= 0.6 is 11.6 Å². The minimum Gasteiger partial charge on any atom is -0.332 e. The number of aromatic nitrogens is 2. The molecule has 1 saturated carbocycles. The number of nitrogens with zero attached hydrogens (tertiary/aromatic N) is 5. The fourth-order valence-corrected chi connectivity index (χ4v) is 5.39. The van der Waals surface area contributed by atoms with Gasteiger partial charge in [-0.1, -0.05) is 41.9 Å². The third-order valence-electron chi connectivity index (χ3n) is 6.65. The van der Waals surface area contributed by atoms with Crippen LogP contribution in [0.3, 0.4) is 0 Å². The molecule has 1 aliphatic carbocycles. The highest BCUT2D eigenvalue weighted by atomic mass is 35.5. The molecule has 2 aliphatic heterocycles. The second kappa shape index (κ2) is 7.17. The largest absolute Gasteiger partial charge is 0.332 e. The van der Waals surface area contributed by atoms with Gasteiger partial charge in [0.2, 0.25) is 11.9 Å². The number of fused-ring (bicyclic) bond motifs is 5. The minimum absolute atomic E-state index is 0.0804. The number of benzene rings is 1. The molecule has 0 spiro atoms. The van der Waals surface area contributed by atoms with E-state index < -0.39 is 5.95 Å². The first-order chi connectivity index (χ1) is 15.5. The minimum atomic E-state index is -0.500. The van der Waals surface area contributed by atoms with E-state index in [0.717, 1.165) is 36.1 Å². The van der Waals surface area contributed by atoms with Crippen molar-refractivity contribution in [2.45, 2.75) is 37.9 Å². The Bertz CT molecular complexity index is 1270. The first-order valence-corrected chi connectivity index (χ1v) is 11.1. The highest BCUT2D eigenvalue weighted by Crippen LogP contribution is 2.44. The highest BCUT2D eigenvalue weighted by molar-refractivity contribution is 6.36. The molecular formula is C24H21ClFN5O. The first kappa shape index (κ1) is 19.5. The number of hydrogen-bond acceptors (Lipinski definition) is 4. The zero-order valence-electron chi connectivity index (χ0n) is 17.5. The quantitative estimate of drug-likeness (QED) is 0.550. The molecule has 0 radical (unpaired) electrons. The van der Waals surface area contributed by atoms with Gasteiger partial charge >= 0.3 is 0 Å². The normalized spacial score (nSPS) is 21.5. The second-order valence-electron chi connectivity index (χ2n) is 8.58. The maximum absolute atomic E-state index is 13.4. The number of anilines is 1. The Morgan fingerprint density at radius 2 is 1.97 bits per heavy atom. The Kier molecular flexibility index (Phi) is 4.37. The Balaban J connectivity index is 1.33. The number of carbonyl (C=O) groups is 1. The monoisotopic (exact) mass is 449 g/mol. The molecule has 2 aromatic heterocycles. The second-order valence-corrected chi connectivity index (χ2v) is 8.94. The van der Waals surface area contributed by atoms with Crippen LogP contribution in [0.15, 0.2) is 53.7 Å². The van der Waals surface area contributed by atoms with Crippen LogP contribution < -0.4 is 4.90 Å². The fraction of sp³-hybridized carbons (Fsp3) is 0.292. The molecule has 6 nitrogen and oxygen atoms in total. The van der Waals surface area contributed by atoms with Gasteiger partial charge in [0.05, 0.1) is 29.0 Å². The van der Waals surface area contributed by atoms with Crippen molar-refractivity contribution in [3.8, 4) is 11.3 Å². The van der Waals surface area contributed by atoms with Gasteiger partial charge in [-0.25, -0.2) is 9.98 Å². The van der Waals surface area contributed by atoms with E-state index >= 15 is 0 Å². The predicted molar refractivity (Wildman–Crippen MR) is 122 cm³/mol. The number of guanidine groups is 1. The Hall–Kier alpha value is -3.19. The molecule has 1 aromatic carbocycles. The lowest BCUT2D eigenvalue weighted by molar-refractivity contribution is 0.0865. The number of pyridine rings is 1. The Morgan fingerprint density at radius 1 is 1.16 bits per heavy atom. The van der Waals surface area contributed by atoms with Crippen molar-refractivity contribution < 1.29 is 9.18 Å². The molecule has 2 atom stereocenters. The summed E-state index contributed by atoms with van der Waals surface area (Å²) in [6, 6.07) is 13.0. The van der Waals surface area contributed by atoms with Gasteiger partial charge in [0.15, 0.2) is 0 Å². The van der Waals surface area contributed by atoms with E-state index in [2.05, 4.69) is 9.88 Å². The lowest BCUT2D eigenvalue weighted by Gasteiger charge is -2.35. The van der Waals surface area contributed by atoms with Gasteiger partial charge in [0.25, 0.3) is 5.91 Å². The molecule has 6 rings (SSSR count). The van der Waals surface area contributed by atoms with Crippen LogP contribution in [0.4, 0.5) is 10.1 Å². The van der Waals surface area contributed by atoms with Crippen LogP contribution in [0, 0.1) is 5.95 Å². The molecule has 3 aromatic rings. The van der Waals surface area contributed by atoms with Gasteiger partial charge in [0.1, 0.15) is 5.15 Å². The first-order valence-electron chi connectivity index (χ1n) is 10.8. The van der Waals surface area contributed by atoms with Gasteiger partial charge in [0, 0.05) is 25.4 Å². The van der Waals surface area contributed by atoms with E-state index in [1.807, 2.05) is 35.0 Å². The van der Waals surface area contributed by atoms with Gasteiger partial charge in [-0.15, -0.1) is 0 Å². The van der Waals surface area contributed by atoms with E-state index in [-0.39, 0.29) is 18.0 Å². The molecule has 32 heavy (non-hydrogen) atoms. The van der Waals surface area contributed by atoms with Crippen molar-refractivity contribution in [2.24, 2.45) is 4.99 Å². The topological polar surface area (TPSA) is 53.7 Å². The molecule has 1 amide bonds. The summed E-state index contributed by atoms with van der Waals surface area (Å²) in [4.78, 5) is 25.6. The summed E-state index contributed by atoms with van der Waals surface area (Å²) in [6.07, 6.45) is 5.08. The van der Waals surface area contributed by atoms with Crippen LogP contribution in [0.2, 0.25) is 5.15 Å². The summed E-state index contributed by atoms with van der Waals surface area (Å²) in [7, 11) is 1.78. The Morgan fingerprint density at radius 3 is 2.75 bits per heavy atom. The van der Waals surface area contributed by atoms with E-state index in [0.29, 0.717) is 28.9 Å². The van der Waals surface area contributed by atoms with Crippen molar-refractivity contribution in [1.82, 2.24) is 14.5 Å². The summed E-state index contributed by atoms with van der Waals surface area (Å²) in [5.74, 6) is 0.132. The zero-order chi connectivity index (χ0) is 22.0. The Labute approximate surface area is 189 Å². The molecule has 0 saturated heterocycles. The maximum Gasteiger partial charge on any atom is 0.264 e. The zero-order valence-corrected chi connectivity index (χ0v) is 18.3. The van der Waals surface area contributed by atoms with E-state index in [1.54, 1.807) is 24.1 Å². The molecule has 162 valence electrons. The molecular weight excluding hydrogens is 429 g/mol. The summed E-state index contributed by atoms with van der Waals surface area (Å²) in [5, 5.41) is 0.553. The average molecular weight is 450 g/mol. The standard InChI is InChI=1S/C24H21ClFN5O/c1-29-23(32)16-13-30(22(25)21(16)31-19-6-2-5-18(19)28-24(29)31)12-14-8-10-15(11-9-14)17-4-3-7-20(26)27-17/h3-4,7-11,13,18-19H,2,5-6,12H2,1H3/t18-,19+/m1/s1. The average Bonchev–Trinajstić information content (AvgIpc) is 3.47. The lowest BCUT2D eigenvalue weighted by Crippen LogP contribution is -2.50. The van der Waals surface area contributed by atoms with Crippen molar-refractivity contribution in [2.75, 3.05) is 11.9 Å². The number of rotatable bonds is 3. The van der Waals surface area contributed by atoms with Crippen LogP contribution in [-0.4, -0.2) is 45.4 Å². The van der Waals surface area contributed by atoms with Gasteiger partial charge in [-0.05, 0) is 37.0 Å². The molecule has 8 heteroatoms. The van der Waals surface area contributed by atoms with Crippen molar-refractivity contribution in [1.29, 1.82) is 0 Å². The van der Waals surface area contributed by atoms with Crippen molar-refractivity contribution >= 4 is 29.2 Å².